The van der Waals surface area contributed by atoms with Crippen LogP contribution in [0.1, 0.15) is 15.9 Å². The van der Waals surface area contributed by atoms with Gasteiger partial charge in [0.05, 0.1) is 12.7 Å². The Hall–Kier alpha value is -2.15. The molecule has 1 aromatic rings. The Labute approximate surface area is 85.9 Å². The van der Waals surface area contributed by atoms with Gasteiger partial charge in [-0.25, -0.2) is 9.18 Å². The highest BCUT2D eigenvalue weighted by Crippen LogP contribution is 2.07. The molecule has 0 bridgehead atoms. The fourth-order valence-corrected chi connectivity index (χ4v) is 0.886. The van der Waals surface area contributed by atoms with Crippen LogP contribution in [0.2, 0.25) is 0 Å². The van der Waals surface area contributed by atoms with Crippen LogP contribution in [-0.2, 0) is 9.53 Å². The van der Waals surface area contributed by atoms with E-state index in [2.05, 4.69) is 16.6 Å². The smallest absolute Gasteiger partial charge is 0.384 e. The zero-order chi connectivity index (χ0) is 11.3. The Morgan fingerprint density at radius 2 is 2.27 bits per heavy atom. The Kier molecular flexibility index (Phi) is 3.58. The van der Waals surface area contributed by atoms with Gasteiger partial charge in [-0.3, -0.25) is 4.79 Å². The van der Waals surface area contributed by atoms with Crippen LogP contribution in [0, 0.1) is 17.7 Å². The molecule has 0 amide bonds. The first kappa shape index (κ1) is 10.9. The lowest BCUT2D eigenvalue weighted by Crippen LogP contribution is -1.95. The summed E-state index contributed by atoms with van der Waals surface area (Å²) in [5.74, 6) is 3.31. The van der Waals surface area contributed by atoms with E-state index < -0.39 is 11.8 Å². The molecule has 76 valence electrons. The average molecular weight is 206 g/mol. The van der Waals surface area contributed by atoms with E-state index in [-0.39, 0.29) is 5.56 Å². The van der Waals surface area contributed by atoms with Crippen molar-refractivity contribution in [3.05, 3.63) is 35.1 Å². The molecule has 15 heavy (non-hydrogen) atoms. The molecule has 0 fully saturated rings. The molecule has 0 radical (unpaired) electrons. The highest BCUT2D eigenvalue weighted by atomic mass is 19.1. The van der Waals surface area contributed by atoms with Gasteiger partial charge >= 0.3 is 5.97 Å². The summed E-state index contributed by atoms with van der Waals surface area (Å²) in [6, 6.07) is 3.75. The molecule has 0 spiro atoms. The topological polar surface area (TPSA) is 43.4 Å². The molecule has 0 aliphatic rings. The second-order valence-electron chi connectivity index (χ2n) is 2.60. The van der Waals surface area contributed by atoms with E-state index in [1.54, 1.807) is 0 Å². The summed E-state index contributed by atoms with van der Waals surface area (Å²) in [5, 5.41) is 0. The van der Waals surface area contributed by atoms with E-state index >= 15 is 0 Å². The number of hydrogen-bond acceptors (Lipinski definition) is 3. The van der Waals surface area contributed by atoms with Crippen molar-refractivity contribution >= 4 is 12.3 Å². The maximum absolute atomic E-state index is 12.9. The van der Waals surface area contributed by atoms with Crippen LogP contribution in [0.3, 0.4) is 0 Å². The van der Waals surface area contributed by atoms with E-state index in [0.717, 1.165) is 6.07 Å². The number of ether oxygens (including phenoxy) is 1. The SMILES string of the molecule is COC(=O)C#Cc1ccc(F)c(C=O)c1. The lowest BCUT2D eigenvalue weighted by atomic mass is 10.1. The molecule has 0 aliphatic carbocycles. The van der Waals surface area contributed by atoms with Crippen LogP contribution in [-0.4, -0.2) is 19.4 Å². The standard InChI is InChI=1S/C11H7FO3/c1-15-11(14)5-3-8-2-4-10(12)9(6-8)7-13/h2,4,6-7H,1H3. The predicted octanol–water partition coefficient (Wildman–Crippen LogP) is 1.16. The normalized spacial score (nSPS) is 8.67. The third kappa shape index (κ3) is 2.92. The van der Waals surface area contributed by atoms with Crippen molar-refractivity contribution in [3.8, 4) is 11.8 Å². The first-order valence-electron chi connectivity index (χ1n) is 4.02. The Morgan fingerprint density at radius 1 is 1.53 bits per heavy atom. The lowest BCUT2D eigenvalue weighted by Gasteiger charge is -1.94. The van der Waals surface area contributed by atoms with E-state index in [4.69, 9.17) is 0 Å². The largest absolute Gasteiger partial charge is 0.459 e. The van der Waals surface area contributed by atoms with Gasteiger partial charge in [0.15, 0.2) is 6.29 Å². The highest BCUT2D eigenvalue weighted by Gasteiger charge is 2.00. The van der Waals surface area contributed by atoms with Gasteiger partial charge in [0.25, 0.3) is 0 Å². The quantitative estimate of drug-likeness (QED) is 0.393. The molecule has 3 nitrogen and oxygen atoms in total. The van der Waals surface area contributed by atoms with Crippen LogP contribution in [0.5, 0.6) is 0 Å². The Morgan fingerprint density at radius 3 is 2.87 bits per heavy atom. The minimum atomic E-state index is -0.688. The summed E-state index contributed by atoms with van der Waals surface area (Å²) in [4.78, 5) is 21.1. The van der Waals surface area contributed by atoms with E-state index in [1.807, 2.05) is 0 Å². The van der Waals surface area contributed by atoms with Gasteiger partial charge in [-0.2, -0.15) is 0 Å². The molecular weight excluding hydrogens is 199 g/mol. The maximum atomic E-state index is 12.9. The summed E-state index contributed by atoms with van der Waals surface area (Å²) >= 11 is 0. The number of carbonyl (C=O) groups is 2. The molecule has 0 N–H and O–H groups in total. The minimum absolute atomic E-state index is 0.0911. The number of benzene rings is 1. The average Bonchev–Trinajstić information content (AvgIpc) is 2.27. The first-order valence-corrected chi connectivity index (χ1v) is 4.02. The van der Waals surface area contributed by atoms with Crippen LogP contribution >= 0.6 is 0 Å². The summed E-state index contributed by atoms with van der Waals surface area (Å²) < 4.78 is 17.2. The number of aldehydes is 1. The fraction of sp³-hybridized carbons (Fsp3) is 0.0909. The third-order valence-corrected chi connectivity index (χ3v) is 1.62. The number of methoxy groups -OCH3 is 1. The van der Waals surface area contributed by atoms with Gasteiger partial charge in [0.1, 0.15) is 5.82 Å². The minimum Gasteiger partial charge on any atom is -0.459 e. The number of rotatable bonds is 1. The van der Waals surface area contributed by atoms with Crippen LogP contribution in [0.15, 0.2) is 18.2 Å². The Balaban J connectivity index is 3.00. The fourth-order valence-electron chi connectivity index (χ4n) is 0.886. The molecule has 4 heteroatoms. The molecule has 0 saturated carbocycles. The lowest BCUT2D eigenvalue weighted by molar-refractivity contribution is -0.133. The van der Waals surface area contributed by atoms with Gasteiger partial charge < -0.3 is 4.74 Å². The monoisotopic (exact) mass is 206 g/mol. The van der Waals surface area contributed by atoms with Crippen molar-refractivity contribution in [2.45, 2.75) is 0 Å². The van der Waals surface area contributed by atoms with Gasteiger partial charge in [0.2, 0.25) is 0 Å². The molecule has 0 heterocycles. The molecule has 0 aliphatic heterocycles. The molecule has 0 unspecified atom stereocenters. The number of carbonyl (C=O) groups excluding carboxylic acids is 2. The maximum Gasteiger partial charge on any atom is 0.384 e. The second kappa shape index (κ2) is 4.91. The van der Waals surface area contributed by atoms with Crippen molar-refractivity contribution in [2.75, 3.05) is 7.11 Å². The summed E-state index contributed by atoms with van der Waals surface area (Å²) in [7, 11) is 1.21. The molecule has 0 saturated heterocycles. The first-order chi connectivity index (χ1) is 7.17. The van der Waals surface area contributed by atoms with Crippen molar-refractivity contribution in [3.63, 3.8) is 0 Å². The van der Waals surface area contributed by atoms with Crippen LogP contribution in [0.25, 0.3) is 0 Å². The van der Waals surface area contributed by atoms with Crippen molar-refractivity contribution in [2.24, 2.45) is 0 Å². The van der Waals surface area contributed by atoms with E-state index in [9.17, 15) is 14.0 Å². The zero-order valence-corrected chi connectivity index (χ0v) is 7.91. The van der Waals surface area contributed by atoms with Gasteiger partial charge in [-0.05, 0) is 18.2 Å². The third-order valence-electron chi connectivity index (χ3n) is 1.62. The van der Waals surface area contributed by atoms with Gasteiger partial charge in [-0.15, -0.1) is 0 Å². The molecule has 1 rings (SSSR count). The number of esters is 1. The summed E-state index contributed by atoms with van der Waals surface area (Å²) in [6.07, 6.45) is 0.388. The summed E-state index contributed by atoms with van der Waals surface area (Å²) in [6.45, 7) is 0. The second-order valence-corrected chi connectivity index (χ2v) is 2.60. The molecule has 1 aromatic carbocycles. The zero-order valence-electron chi connectivity index (χ0n) is 7.91. The van der Waals surface area contributed by atoms with Gasteiger partial charge in [0, 0.05) is 11.5 Å². The van der Waals surface area contributed by atoms with Crippen molar-refractivity contribution < 1.29 is 18.7 Å². The Bertz CT molecular complexity index is 455. The van der Waals surface area contributed by atoms with Crippen LogP contribution in [0.4, 0.5) is 4.39 Å². The molecular formula is C11H7FO3. The van der Waals surface area contributed by atoms with E-state index in [0.29, 0.717) is 11.8 Å². The van der Waals surface area contributed by atoms with Crippen molar-refractivity contribution in [1.82, 2.24) is 0 Å². The number of hydrogen-bond donors (Lipinski definition) is 0. The molecule has 0 atom stereocenters. The van der Waals surface area contributed by atoms with E-state index in [1.165, 1.54) is 19.2 Å². The van der Waals surface area contributed by atoms with Crippen molar-refractivity contribution in [1.29, 1.82) is 0 Å². The van der Waals surface area contributed by atoms with Gasteiger partial charge in [-0.1, -0.05) is 5.92 Å². The molecule has 0 aromatic heterocycles. The van der Waals surface area contributed by atoms with Crippen LogP contribution < -0.4 is 0 Å². The predicted molar refractivity (Wildman–Crippen MR) is 50.7 cm³/mol. The number of halogens is 1. The highest BCUT2D eigenvalue weighted by molar-refractivity contribution is 5.89. The summed E-state index contributed by atoms with van der Waals surface area (Å²) in [5.41, 5.74) is 0.288.